The van der Waals surface area contributed by atoms with Gasteiger partial charge in [-0.25, -0.2) is 9.97 Å². The lowest BCUT2D eigenvalue weighted by Gasteiger charge is -2.13. The summed E-state index contributed by atoms with van der Waals surface area (Å²) in [5.41, 5.74) is 0.851. The Balaban J connectivity index is 1.98. The number of halogens is 1. The van der Waals surface area contributed by atoms with Crippen molar-refractivity contribution in [1.29, 1.82) is 0 Å². The van der Waals surface area contributed by atoms with Crippen molar-refractivity contribution >= 4 is 40.3 Å². The Kier molecular flexibility index (Phi) is 5.68. The van der Waals surface area contributed by atoms with Crippen LogP contribution in [-0.4, -0.2) is 21.5 Å². The second-order valence-corrected chi connectivity index (χ2v) is 5.80. The largest absolute Gasteiger partial charge is 0.492 e. The first kappa shape index (κ1) is 18.4. The summed E-state index contributed by atoms with van der Waals surface area (Å²) in [5.74, 6) is 0.664. The van der Waals surface area contributed by atoms with Crippen LogP contribution in [-0.2, 0) is 0 Å². The molecule has 0 spiro atoms. The summed E-state index contributed by atoms with van der Waals surface area (Å²) in [6.07, 6.45) is 1.24. The minimum atomic E-state index is -0.543. The number of para-hydroxylation sites is 2. The molecule has 0 aliphatic rings. The molecule has 0 fully saturated rings. The fourth-order valence-corrected chi connectivity index (χ4v) is 2.61. The first-order valence-electron chi connectivity index (χ1n) is 8.09. The molecule has 1 aromatic heterocycles. The van der Waals surface area contributed by atoms with E-state index in [1.807, 2.05) is 13.0 Å². The zero-order valence-corrected chi connectivity index (χ0v) is 15.1. The predicted molar refractivity (Wildman–Crippen MR) is 104 cm³/mol. The van der Waals surface area contributed by atoms with Gasteiger partial charge in [0.2, 0.25) is 11.6 Å². The lowest BCUT2D eigenvalue weighted by atomic mass is 10.2. The third-order valence-electron chi connectivity index (χ3n) is 3.53. The van der Waals surface area contributed by atoms with Gasteiger partial charge < -0.3 is 15.4 Å². The number of hydrogen-bond donors (Lipinski definition) is 2. The topological polar surface area (TPSA) is 102 Å². The number of nitrogens with zero attached hydrogens (tertiary/aromatic N) is 3. The fraction of sp³-hybridized carbons (Fsp3) is 0.111. The molecule has 3 rings (SSSR count). The molecule has 0 aliphatic heterocycles. The molecule has 3 aromatic rings. The molecule has 0 unspecified atom stereocenters. The number of ether oxygens (including phenoxy) is 1. The van der Waals surface area contributed by atoms with Gasteiger partial charge in [-0.3, -0.25) is 10.1 Å². The van der Waals surface area contributed by atoms with Gasteiger partial charge in [-0.2, -0.15) is 0 Å². The molecule has 0 saturated carbocycles. The van der Waals surface area contributed by atoms with Gasteiger partial charge in [-0.05, 0) is 37.3 Å². The number of benzene rings is 2. The summed E-state index contributed by atoms with van der Waals surface area (Å²) < 4.78 is 5.54. The maximum Gasteiger partial charge on any atom is 0.353 e. The number of nitrogens with one attached hydrogen (secondary N) is 2. The average Bonchev–Trinajstić information content (AvgIpc) is 2.63. The molecular formula is C18H16ClN5O3. The van der Waals surface area contributed by atoms with E-state index in [4.69, 9.17) is 16.3 Å². The standard InChI is InChI=1S/C18H16ClN5O3/c1-2-27-15-9-4-3-8-14(15)23-18-16(24(25)26)17(20-11-21-18)22-13-7-5-6-12(19)10-13/h3-11H,2H2,1H3,(H2,20,21,22,23). The quantitative estimate of drug-likeness (QED) is 0.439. The first-order valence-corrected chi connectivity index (χ1v) is 8.47. The van der Waals surface area contributed by atoms with E-state index in [2.05, 4.69) is 20.6 Å². The molecule has 0 saturated heterocycles. The maximum absolute atomic E-state index is 11.7. The Morgan fingerprint density at radius 3 is 2.56 bits per heavy atom. The Morgan fingerprint density at radius 1 is 1.11 bits per heavy atom. The minimum Gasteiger partial charge on any atom is -0.492 e. The molecular weight excluding hydrogens is 370 g/mol. The van der Waals surface area contributed by atoms with Crippen molar-refractivity contribution in [3.63, 3.8) is 0 Å². The number of aromatic nitrogens is 2. The third kappa shape index (κ3) is 4.42. The van der Waals surface area contributed by atoms with E-state index >= 15 is 0 Å². The normalized spacial score (nSPS) is 10.3. The van der Waals surface area contributed by atoms with Crippen LogP contribution in [0.3, 0.4) is 0 Å². The molecule has 2 aromatic carbocycles. The third-order valence-corrected chi connectivity index (χ3v) is 3.77. The molecule has 0 atom stereocenters. The minimum absolute atomic E-state index is 0.0479. The van der Waals surface area contributed by atoms with Gasteiger partial charge in [-0.1, -0.05) is 29.8 Å². The summed E-state index contributed by atoms with van der Waals surface area (Å²) in [7, 11) is 0. The van der Waals surface area contributed by atoms with Gasteiger partial charge >= 0.3 is 5.69 Å². The van der Waals surface area contributed by atoms with Crippen molar-refractivity contribution < 1.29 is 9.66 Å². The molecule has 0 bridgehead atoms. The molecule has 0 aliphatic carbocycles. The molecule has 138 valence electrons. The predicted octanol–water partition coefficient (Wildman–Crippen LogP) is 4.92. The number of anilines is 4. The van der Waals surface area contributed by atoms with Crippen LogP contribution in [0.1, 0.15) is 6.92 Å². The van der Waals surface area contributed by atoms with Crippen LogP contribution in [0.4, 0.5) is 28.7 Å². The highest BCUT2D eigenvalue weighted by Gasteiger charge is 2.24. The number of nitro groups is 1. The summed E-state index contributed by atoms with van der Waals surface area (Å²) >= 11 is 5.97. The Morgan fingerprint density at radius 2 is 1.85 bits per heavy atom. The molecule has 9 heteroatoms. The summed E-state index contributed by atoms with van der Waals surface area (Å²) in [5, 5.41) is 18.1. The average molecular weight is 386 g/mol. The molecule has 1 heterocycles. The van der Waals surface area contributed by atoms with Gasteiger partial charge in [0, 0.05) is 10.7 Å². The zero-order chi connectivity index (χ0) is 19.2. The lowest BCUT2D eigenvalue weighted by Crippen LogP contribution is -2.06. The van der Waals surface area contributed by atoms with E-state index in [-0.39, 0.29) is 17.3 Å². The van der Waals surface area contributed by atoms with Crippen LogP contribution in [0.2, 0.25) is 5.02 Å². The number of hydrogen-bond acceptors (Lipinski definition) is 7. The Bertz CT molecular complexity index is 967. The van der Waals surface area contributed by atoms with Gasteiger partial charge in [0.15, 0.2) is 0 Å². The Labute approximate surface area is 160 Å². The van der Waals surface area contributed by atoms with E-state index in [1.165, 1.54) is 6.33 Å². The van der Waals surface area contributed by atoms with Gasteiger partial charge in [-0.15, -0.1) is 0 Å². The van der Waals surface area contributed by atoms with E-state index in [0.29, 0.717) is 28.8 Å². The molecule has 0 radical (unpaired) electrons. The first-order chi connectivity index (χ1) is 13.1. The lowest BCUT2D eigenvalue weighted by molar-refractivity contribution is -0.383. The van der Waals surface area contributed by atoms with E-state index < -0.39 is 4.92 Å². The van der Waals surface area contributed by atoms with Crippen molar-refractivity contribution in [1.82, 2.24) is 9.97 Å². The van der Waals surface area contributed by atoms with Crippen molar-refractivity contribution in [2.75, 3.05) is 17.2 Å². The van der Waals surface area contributed by atoms with Crippen LogP contribution in [0.15, 0.2) is 54.9 Å². The highest BCUT2D eigenvalue weighted by Crippen LogP contribution is 2.35. The number of rotatable bonds is 7. The van der Waals surface area contributed by atoms with Crippen LogP contribution >= 0.6 is 11.6 Å². The summed E-state index contributed by atoms with van der Waals surface area (Å²) in [6.45, 7) is 2.32. The van der Waals surface area contributed by atoms with Crippen LogP contribution in [0.25, 0.3) is 0 Å². The molecule has 27 heavy (non-hydrogen) atoms. The van der Waals surface area contributed by atoms with E-state index in [9.17, 15) is 10.1 Å². The van der Waals surface area contributed by atoms with Gasteiger partial charge in [0.05, 0.1) is 17.2 Å². The van der Waals surface area contributed by atoms with Crippen LogP contribution in [0, 0.1) is 10.1 Å². The van der Waals surface area contributed by atoms with Crippen LogP contribution in [0.5, 0.6) is 5.75 Å². The Hall–Kier alpha value is -3.39. The van der Waals surface area contributed by atoms with E-state index in [1.54, 1.807) is 42.5 Å². The van der Waals surface area contributed by atoms with Crippen molar-refractivity contribution in [2.24, 2.45) is 0 Å². The smallest absolute Gasteiger partial charge is 0.353 e. The highest BCUT2D eigenvalue weighted by atomic mass is 35.5. The zero-order valence-electron chi connectivity index (χ0n) is 14.3. The second kappa shape index (κ2) is 8.33. The molecule has 0 amide bonds. The van der Waals surface area contributed by atoms with Crippen molar-refractivity contribution in [3.05, 3.63) is 70.0 Å². The van der Waals surface area contributed by atoms with E-state index in [0.717, 1.165) is 0 Å². The molecule has 2 N–H and O–H groups in total. The maximum atomic E-state index is 11.7. The summed E-state index contributed by atoms with van der Waals surface area (Å²) in [4.78, 5) is 19.2. The van der Waals surface area contributed by atoms with Crippen molar-refractivity contribution in [3.8, 4) is 5.75 Å². The summed E-state index contributed by atoms with van der Waals surface area (Å²) in [6, 6.07) is 13.9. The highest BCUT2D eigenvalue weighted by molar-refractivity contribution is 6.30. The second-order valence-electron chi connectivity index (χ2n) is 5.37. The molecule has 8 nitrogen and oxygen atoms in total. The fourth-order valence-electron chi connectivity index (χ4n) is 2.42. The van der Waals surface area contributed by atoms with Crippen LogP contribution < -0.4 is 15.4 Å². The van der Waals surface area contributed by atoms with Gasteiger partial charge in [0.1, 0.15) is 12.1 Å². The van der Waals surface area contributed by atoms with Crippen molar-refractivity contribution in [2.45, 2.75) is 6.92 Å². The SMILES string of the molecule is CCOc1ccccc1Nc1ncnc(Nc2cccc(Cl)c2)c1[N+](=O)[O-]. The van der Waals surface area contributed by atoms with Gasteiger partial charge in [0.25, 0.3) is 0 Å². The monoisotopic (exact) mass is 385 g/mol.